The highest BCUT2D eigenvalue weighted by Crippen LogP contribution is 2.12. The summed E-state index contributed by atoms with van der Waals surface area (Å²) in [6.07, 6.45) is -1.45. The van der Waals surface area contributed by atoms with Crippen molar-refractivity contribution in [2.45, 2.75) is 6.10 Å². The maximum Gasteiger partial charge on any atom is 0.352 e. The van der Waals surface area contributed by atoms with Gasteiger partial charge in [-0.1, -0.05) is 34.1 Å². The summed E-state index contributed by atoms with van der Waals surface area (Å²) < 4.78 is 5.05. The van der Waals surface area contributed by atoms with E-state index >= 15 is 0 Å². The molecule has 80 valence electrons. The van der Waals surface area contributed by atoms with E-state index in [9.17, 15) is 9.59 Å². The summed E-state index contributed by atoms with van der Waals surface area (Å²) in [7, 11) is 0. The third kappa shape index (κ3) is 3.36. The first-order chi connectivity index (χ1) is 7.15. The van der Waals surface area contributed by atoms with E-state index in [1.54, 1.807) is 30.3 Å². The summed E-state index contributed by atoms with van der Waals surface area (Å²) in [6, 6.07) is 8.36. The number of alkyl halides is 1. The molecule has 0 radical (unpaired) electrons. The molecule has 0 fully saturated rings. The number of para-hydroxylation sites is 1. The molecule has 0 aromatic heterocycles. The molecule has 0 saturated carbocycles. The number of hydrogen-bond donors (Lipinski definition) is 1. The van der Waals surface area contributed by atoms with Crippen LogP contribution in [0.3, 0.4) is 0 Å². The lowest BCUT2D eigenvalue weighted by Crippen LogP contribution is -2.36. The Hall–Kier alpha value is -1.36. The molecule has 1 rings (SSSR count). The van der Waals surface area contributed by atoms with Crippen LogP contribution in [0.4, 0.5) is 0 Å². The van der Waals surface area contributed by atoms with Gasteiger partial charge in [0.25, 0.3) is 6.10 Å². The summed E-state index contributed by atoms with van der Waals surface area (Å²) in [6.45, 7) is 0. The van der Waals surface area contributed by atoms with Crippen molar-refractivity contribution in [1.82, 2.24) is 0 Å². The molecule has 1 N–H and O–H groups in total. The van der Waals surface area contributed by atoms with Crippen LogP contribution in [0.25, 0.3) is 0 Å². The van der Waals surface area contributed by atoms with Gasteiger partial charge in [-0.3, -0.25) is 4.79 Å². The normalized spacial score (nSPS) is 11.8. The highest BCUT2D eigenvalue weighted by Gasteiger charge is 2.26. The van der Waals surface area contributed by atoms with Crippen LogP contribution in [-0.2, 0) is 9.59 Å². The minimum absolute atomic E-state index is 0.0448. The van der Waals surface area contributed by atoms with E-state index in [1.165, 1.54) is 0 Å². The van der Waals surface area contributed by atoms with Crippen LogP contribution in [0.1, 0.15) is 0 Å². The van der Waals surface area contributed by atoms with Crippen molar-refractivity contribution in [3.63, 3.8) is 0 Å². The van der Waals surface area contributed by atoms with Crippen molar-refractivity contribution in [2.24, 2.45) is 0 Å². The summed E-state index contributed by atoms with van der Waals surface area (Å²) in [5, 5.41) is 8.72. The van der Waals surface area contributed by atoms with Gasteiger partial charge in [0.2, 0.25) is 0 Å². The van der Waals surface area contributed by atoms with Gasteiger partial charge >= 0.3 is 5.97 Å². The van der Waals surface area contributed by atoms with E-state index in [1.807, 2.05) is 0 Å². The molecule has 1 unspecified atom stereocenters. The minimum atomic E-state index is -1.45. The average Bonchev–Trinajstić information content (AvgIpc) is 2.26. The molecule has 0 amide bonds. The largest absolute Gasteiger partial charge is 0.478 e. The molecular formula is C10H9BrO4. The summed E-state index contributed by atoms with van der Waals surface area (Å²) in [5.74, 6) is -1.45. The maximum absolute atomic E-state index is 11.2. The van der Waals surface area contributed by atoms with E-state index in [0.29, 0.717) is 5.75 Å². The van der Waals surface area contributed by atoms with Gasteiger partial charge in [0, 0.05) is 0 Å². The molecule has 0 heterocycles. The number of ether oxygens (including phenoxy) is 1. The molecule has 0 bridgehead atoms. The van der Waals surface area contributed by atoms with Gasteiger partial charge in [-0.2, -0.15) is 0 Å². The van der Waals surface area contributed by atoms with Gasteiger partial charge in [0.15, 0.2) is 5.78 Å². The fraction of sp³-hybridized carbons (Fsp3) is 0.200. The Morgan fingerprint density at radius 1 is 1.33 bits per heavy atom. The number of ketones is 1. The Kier molecular flexibility index (Phi) is 4.30. The molecule has 1 aromatic rings. The molecule has 1 aromatic carbocycles. The summed E-state index contributed by atoms with van der Waals surface area (Å²) in [4.78, 5) is 21.9. The van der Waals surface area contributed by atoms with Gasteiger partial charge in [0.1, 0.15) is 5.75 Å². The van der Waals surface area contributed by atoms with Crippen molar-refractivity contribution in [2.75, 3.05) is 5.33 Å². The predicted molar refractivity (Wildman–Crippen MR) is 57.3 cm³/mol. The molecule has 1 atom stereocenters. The Bertz CT molecular complexity index is 350. The first-order valence-corrected chi connectivity index (χ1v) is 5.30. The number of carboxylic acid groups (broad SMARTS) is 1. The van der Waals surface area contributed by atoms with E-state index < -0.39 is 17.9 Å². The predicted octanol–water partition coefficient (Wildman–Crippen LogP) is 1.48. The van der Waals surface area contributed by atoms with Crippen LogP contribution in [0.5, 0.6) is 5.75 Å². The van der Waals surface area contributed by atoms with Crippen molar-refractivity contribution in [1.29, 1.82) is 0 Å². The van der Waals surface area contributed by atoms with Crippen LogP contribution < -0.4 is 4.74 Å². The highest BCUT2D eigenvalue weighted by molar-refractivity contribution is 9.09. The summed E-state index contributed by atoms with van der Waals surface area (Å²) in [5.41, 5.74) is 0. The first kappa shape index (κ1) is 11.7. The molecule has 0 aliphatic carbocycles. The second kappa shape index (κ2) is 5.50. The lowest BCUT2D eigenvalue weighted by Gasteiger charge is -2.12. The smallest absolute Gasteiger partial charge is 0.352 e. The van der Waals surface area contributed by atoms with Crippen LogP contribution >= 0.6 is 15.9 Å². The SMILES string of the molecule is O=C(O)C(Oc1ccccc1)C(=O)CBr. The van der Waals surface area contributed by atoms with Crippen LogP contribution in [0.2, 0.25) is 0 Å². The maximum atomic E-state index is 11.2. The van der Waals surface area contributed by atoms with Crippen molar-refractivity contribution >= 4 is 27.7 Å². The number of rotatable bonds is 5. The first-order valence-electron chi connectivity index (χ1n) is 4.18. The van der Waals surface area contributed by atoms with Crippen molar-refractivity contribution in [3.8, 4) is 5.75 Å². The number of benzene rings is 1. The number of hydrogen-bond acceptors (Lipinski definition) is 3. The fourth-order valence-electron chi connectivity index (χ4n) is 0.959. The average molecular weight is 273 g/mol. The topological polar surface area (TPSA) is 63.6 Å². The molecule has 0 aliphatic rings. The Balaban J connectivity index is 2.76. The number of Topliss-reactive ketones (excluding diaryl/α,β-unsaturated/α-hetero) is 1. The van der Waals surface area contributed by atoms with E-state index in [0.717, 1.165) is 0 Å². The molecule has 5 heteroatoms. The van der Waals surface area contributed by atoms with Gasteiger partial charge < -0.3 is 9.84 Å². The van der Waals surface area contributed by atoms with E-state index in [2.05, 4.69) is 15.9 Å². The standard InChI is InChI=1S/C10H9BrO4/c11-6-8(12)9(10(13)14)15-7-4-2-1-3-5-7/h1-5,9H,6H2,(H,13,14). The van der Waals surface area contributed by atoms with Crippen LogP contribution in [0.15, 0.2) is 30.3 Å². The zero-order valence-corrected chi connectivity index (χ0v) is 9.31. The number of carbonyl (C=O) groups excluding carboxylic acids is 1. The third-order valence-corrected chi connectivity index (χ3v) is 2.20. The molecule has 0 aliphatic heterocycles. The van der Waals surface area contributed by atoms with Gasteiger partial charge in [-0.15, -0.1) is 0 Å². The minimum Gasteiger partial charge on any atom is -0.478 e. The fourth-order valence-corrected chi connectivity index (χ4v) is 1.25. The highest BCUT2D eigenvalue weighted by atomic mass is 79.9. The Morgan fingerprint density at radius 3 is 2.40 bits per heavy atom. The number of carbonyl (C=O) groups is 2. The Morgan fingerprint density at radius 2 is 1.93 bits per heavy atom. The second-order valence-electron chi connectivity index (χ2n) is 2.75. The lowest BCUT2D eigenvalue weighted by molar-refractivity contribution is -0.149. The molecule has 4 nitrogen and oxygen atoms in total. The van der Waals surface area contributed by atoms with Crippen molar-refractivity contribution < 1.29 is 19.4 Å². The quantitative estimate of drug-likeness (QED) is 0.652. The van der Waals surface area contributed by atoms with E-state index in [-0.39, 0.29) is 5.33 Å². The zero-order valence-electron chi connectivity index (χ0n) is 7.72. The third-order valence-electron chi connectivity index (χ3n) is 1.65. The van der Waals surface area contributed by atoms with Gasteiger partial charge in [0.05, 0.1) is 5.33 Å². The molecule has 0 saturated heterocycles. The van der Waals surface area contributed by atoms with Crippen LogP contribution in [0, 0.1) is 0 Å². The summed E-state index contributed by atoms with van der Waals surface area (Å²) >= 11 is 2.90. The second-order valence-corrected chi connectivity index (χ2v) is 3.31. The van der Waals surface area contributed by atoms with E-state index in [4.69, 9.17) is 9.84 Å². The Labute approximate surface area is 95.0 Å². The number of halogens is 1. The van der Waals surface area contributed by atoms with Gasteiger partial charge in [-0.05, 0) is 12.1 Å². The number of carboxylic acids is 1. The zero-order chi connectivity index (χ0) is 11.3. The molecule has 0 spiro atoms. The van der Waals surface area contributed by atoms with Crippen molar-refractivity contribution in [3.05, 3.63) is 30.3 Å². The molecular weight excluding hydrogens is 264 g/mol. The number of aliphatic carboxylic acids is 1. The monoisotopic (exact) mass is 272 g/mol. The lowest BCUT2D eigenvalue weighted by atomic mass is 10.2. The van der Waals surface area contributed by atoms with Gasteiger partial charge in [-0.25, -0.2) is 4.79 Å². The van der Waals surface area contributed by atoms with Crippen LogP contribution in [-0.4, -0.2) is 28.3 Å². The molecule has 15 heavy (non-hydrogen) atoms.